The second-order valence-corrected chi connectivity index (χ2v) is 4.46. The van der Waals surface area contributed by atoms with Crippen LogP contribution in [0.3, 0.4) is 0 Å². The number of rotatable bonds is 4. The average Bonchev–Trinajstić information content (AvgIpc) is 2.44. The van der Waals surface area contributed by atoms with Crippen molar-refractivity contribution in [1.82, 2.24) is 5.32 Å². The van der Waals surface area contributed by atoms with Gasteiger partial charge in [0.1, 0.15) is 5.75 Å². The Labute approximate surface area is 117 Å². The molecule has 0 aromatic heterocycles. The van der Waals surface area contributed by atoms with E-state index in [4.69, 9.17) is 0 Å². The quantitative estimate of drug-likeness (QED) is 0.852. The number of alkyl halides is 4. The minimum Gasteiger partial charge on any atom is -0.507 e. The van der Waals surface area contributed by atoms with Crippen LogP contribution in [-0.2, 0) is 0 Å². The van der Waals surface area contributed by atoms with E-state index in [-0.39, 0.29) is 5.56 Å². The molecule has 2 rings (SSSR count). The van der Waals surface area contributed by atoms with Crippen molar-refractivity contribution in [3.63, 3.8) is 0 Å². The standard InChI is InChI=1S/C14H11F4NO2/c15-13(16)14(17,18)7-19-12(21)10-5-8-3-1-2-4-9(8)6-11(10)20/h1-6,13,20H,7H2,(H,19,21). The van der Waals surface area contributed by atoms with Crippen molar-refractivity contribution < 1.29 is 27.5 Å². The van der Waals surface area contributed by atoms with Crippen LogP contribution in [-0.4, -0.2) is 29.9 Å². The molecule has 0 unspecified atom stereocenters. The molecule has 2 aromatic rings. The largest absolute Gasteiger partial charge is 0.507 e. The van der Waals surface area contributed by atoms with Crippen LogP contribution in [0.25, 0.3) is 10.8 Å². The maximum Gasteiger partial charge on any atom is 0.324 e. The van der Waals surface area contributed by atoms with E-state index in [0.29, 0.717) is 10.8 Å². The Hall–Kier alpha value is -2.31. The van der Waals surface area contributed by atoms with Crippen LogP contribution >= 0.6 is 0 Å². The highest BCUT2D eigenvalue weighted by Crippen LogP contribution is 2.26. The number of benzene rings is 2. The van der Waals surface area contributed by atoms with Crippen molar-refractivity contribution >= 4 is 16.7 Å². The number of phenolic OH excluding ortho intramolecular Hbond substituents is 1. The number of fused-ring (bicyclic) bond motifs is 1. The first-order chi connectivity index (χ1) is 9.81. The van der Waals surface area contributed by atoms with Crippen LogP contribution in [0.4, 0.5) is 17.6 Å². The Kier molecular flexibility index (Phi) is 4.02. The topological polar surface area (TPSA) is 49.3 Å². The number of phenols is 1. The molecule has 0 aliphatic rings. The first kappa shape index (κ1) is 15.1. The zero-order valence-corrected chi connectivity index (χ0v) is 10.6. The molecule has 0 spiro atoms. The fourth-order valence-electron chi connectivity index (χ4n) is 1.78. The third-order valence-electron chi connectivity index (χ3n) is 2.91. The molecule has 0 aliphatic heterocycles. The molecule has 3 nitrogen and oxygen atoms in total. The Morgan fingerprint density at radius 1 is 1.19 bits per heavy atom. The van der Waals surface area contributed by atoms with Crippen molar-refractivity contribution in [1.29, 1.82) is 0 Å². The van der Waals surface area contributed by atoms with Gasteiger partial charge in [-0.25, -0.2) is 8.78 Å². The number of aromatic hydroxyl groups is 1. The monoisotopic (exact) mass is 301 g/mol. The molecule has 0 atom stereocenters. The number of nitrogens with one attached hydrogen (secondary N) is 1. The molecule has 1 amide bonds. The Balaban J connectivity index is 2.21. The Morgan fingerprint density at radius 3 is 2.33 bits per heavy atom. The van der Waals surface area contributed by atoms with Crippen LogP contribution in [0.2, 0.25) is 0 Å². The first-order valence-corrected chi connectivity index (χ1v) is 5.97. The van der Waals surface area contributed by atoms with Crippen LogP contribution in [0.15, 0.2) is 36.4 Å². The Bertz CT molecular complexity index is 673. The predicted molar refractivity (Wildman–Crippen MR) is 68.9 cm³/mol. The third kappa shape index (κ3) is 3.24. The number of halogens is 4. The van der Waals surface area contributed by atoms with Gasteiger partial charge >= 0.3 is 12.3 Å². The van der Waals surface area contributed by atoms with E-state index in [9.17, 15) is 27.5 Å². The second kappa shape index (κ2) is 5.59. The molecule has 0 fully saturated rings. The maximum atomic E-state index is 12.7. The molecule has 7 heteroatoms. The van der Waals surface area contributed by atoms with E-state index in [0.717, 1.165) is 0 Å². The van der Waals surface area contributed by atoms with Gasteiger partial charge in [-0.15, -0.1) is 0 Å². The van der Waals surface area contributed by atoms with Crippen LogP contribution in [0, 0.1) is 0 Å². The van der Waals surface area contributed by atoms with Crippen molar-refractivity contribution in [3.05, 3.63) is 42.0 Å². The molecule has 0 saturated carbocycles. The zero-order chi connectivity index (χ0) is 15.6. The molecule has 112 valence electrons. The SMILES string of the molecule is O=C(NCC(F)(F)C(F)F)c1cc2ccccc2cc1O. The normalized spacial score (nSPS) is 11.9. The molecule has 0 heterocycles. The lowest BCUT2D eigenvalue weighted by atomic mass is 10.1. The van der Waals surface area contributed by atoms with Crippen molar-refractivity contribution in [2.45, 2.75) is 12.3 Å². The lowest BCUT2D eigenvalue weighted by molar-refractivity contribution is -0.123. The van der Waals surface area contributed by atoms with Gasteiger partial charge in [-0.2, -0.15) is 8.78 Å². The number of hydrogen-bond acceptors (Lipinski definition) is 2. The molecular formula is C14H11F4NO2. The summed E-state index contributed by atoms with van der Waals surface area (Å²) in [5.74, 6) is -5.77. The van der Waals surface area contributed by atoms with Gasteiger partial charge in [0, 0.05) is 0 Å². The second-order valence-electron chi connectivity index (χ2n) is 4.46. The predicted octanol–water partition coefficient (Wildman–Crippen LogP) is 3.18. The summed E-state index contributed by atoms with van der Waals surface area (Å²) in [5.41, 5.74) is -0.251. The van der Waals surface area contributed by atoms with E-state index in [1.807, 2.05) is 0 Å². The maximum absolute atomic E-state index is 12.7. The average molecular weight is 301 g/mol. The van der Waals surface area contributed by atoms with Crippen LogP contribution < -0.4 is 5.32 Å². The van der Waals surface area contributed by atoms with Crippen LogP contribution in [0.5, 0.6) is 5.75 Å². The fourth-order valence-corrected chi connectivity index (χ4v) is 1.78. The Morgan fingerprint density at radius 2 is 1.76 bits per heavy atom. The molecule has 21 heavy (non-hydrogen) atoms. The van der Waals surface area contributed by atoms with Crippen LogP contribution in [0.1, 0.15) is 10.4 Å². The van der Waals surface area contributed by atoms with E-state index >= 15 is 0 Å². The van der Waals surface area contributed by atoms with Crippen molar-refractivity contribution in [2.75, 3.05) is 6.54 Å². The summed E-state index contributed by atoms with van der Waals surface area (Å²) in [7, 11) is 0. The summed E-state index contributed by atoms with van der Waals surface area (Å²) in [5, 5.41) is 12.7. The summed E-state index contributed by atoms with van der Waals surface area (Å²) in [6.45, 7) is -1.50. The van der Waals surface area contributed by atoms with Gasteiger partial charge in [-0.1, -0.05) is 24.3 Å². The van der Waals surface area contributed by atoms with Crippen molar-refractivity contribution in [3.8, 4) is 5.75 Å². The molecule has 0 bridgehead atoms. The molecular weight excluding hydrogens is 290 g/mol. The van der Waals surface area contributed by atoms with Gasteiger partial charge < -0.3 is 10.4 Å². The van der Waals surface area contributed by atoms with Crippen molar-refractivity contribution in [2.24, 2.45) is 0 Å². The number of carbonyl (C=O) groups is 1. The van der Waals surface area contributed by atoms with E-state index in [1.54, 1.807) is 29.6 Å². The zero-order valence-electron chi connectivity index (χ0n) is 10.6. The number of amides is 1. The smallest absolute Gasteiger partial charge is 0.324 e. The van der Waals surface area contributed by atoms with E-state index < -0.39 is 30.5 Å². The summed E-state index contributed by atoms with van der Waals surface area (Å²) in [6, 6.07) is 9.40. The van der Waals surface area contributed by atoms with Gasteiger partial charge in [0.15, 0.2) is 0 Å². The molecule has 0 radical (unpaired) electrons. The molecule has 2 aromatic carbocycles. The highest BCUT2D eigenvalue weighted by atomic mass is 19.3. The highest BCUT2D eigenvalue weighted by molar-refractivity contribution is 6.01. The summed E-state index contributed by atoms with van der Waals surface area (Å²) in [4.78, 5) is 11.7. The van der Waals surface area contributed by atoms with Gasteiger partial charge in [0.25, 0.3) is 5.91 Å². The molecule has 2 N–H and O–H groups in total. The minimum atomic E-state index is -4.32. The van der Waals surface area contributed by atoms with Gasteiger partial charge in [0.05, 0.1) is 12.1 Å². The number of carbonyl (C=O) groups excluding carboxylic acids is 1. The van der Waals surface area contributed by atoms with E-state index in [2.05, 4.69) is 0 Å². The lowest BCUT2D eigenvalue weighted by Crippen LogP contribution is -2.41. The number of hydrogen-bond donors (Lipinski definition) is 2. The third-order valence-corrected chi connectivity index (χ3v) is 2.91. The van der Waals surface area contributed by atoms with Gasteiger partial charge in [-0.3, -0.25) is 4.79 Å². The first-order valence-electron chi connectivity index (χ1n) is 5.97. The molecule has 0 saturated heterocycles. The molecule has 0 aliphatic carbocycles. The van der Waals surface area contributed by atoms with E-state index in [1.165, 1.54) is 12.1 Å². The summed E-state index contributed by atoms with van der Waals surface area (Å²) < 4.78 is 49.5. The lowest BCUT2D eigenvalue weighted by Gasteiger charge is -2.16. The summed E-state index contributed by atoms with van der Waals surface area (Å²) >= 11 is 0. The minimum absolute atomic E-state index is 0.251. The fraction of sp³-hybridized carbons (Fsp3) is 0.214. The van der Waals surface area contributed by atoms with Gasteiger partial charge in [-0.05, 0) is 22.9 Å². The van der Waals surface area contributed by atoms with Gasteiger partial charge in [0.2, 0.25) is 0 Å². The summed E-state index contributed by atoms with van der Waals surface area (Å²) in [6.07, 6.45) is -3.87. The highest BCUT2D eigenvalue weighted by Gasteiger charge is 2.41.